The Morgan fingerprint density at radius 3 is 2.81 bits per heavy atom. The van der Waals surface area contributed by atoms with Crippen LogP contribution in [0.25, 0.3) is 16.7 Å². The number of thioether (sulfide) groups is 1. The van der Waals surface area contributed by atoms with Gasteiger partial charge in [0.05, 0.1) is 22.3 Å². The van der Waals surface area contributed by atoms with Crippen molar-refractivity contribution in [1.29, 1.82) is 0 Å². The van der Waals surface area contributed by atoms with Gasteiger partial charge in [-0.25, -0.2) is 4.98 Å². The van der Waals surface area contributed by atoms with Crippen molar-refractivity contribution in [2.75, 3.05) is 16.9 Å². The molecule has 0 bridgehead atoms. The van der Waals surface area contributed by atoms with Crippen LogP contribution in [0.3, 0.4) is 0 Å². The highest BCUT2D eigenvalue weighted by atomic mass is 32.2. The lowest BCUT2D eigenvalue weighted by atomic mass is 10.2. The highest BCUT2D eigenvalue weighted by Crippen LogP contribution is 2.23. The summed E-state index contributed by atoms with van der Waals surface area (Å²) < 4.78 is 2.63. The number of aromatic nitrogens is 5. The number of benzene rings is 1. The highest BCUT2D eigenvalue weighted by molar-refractivity contribution is 7.99. The summed E-state index contributed by atoms with van der Waals surface area (Å²) in [6, 6.07) is 7.06. The van der Waals surface area contributed by atoms with E-state index < -0.39 is 0 Å². The molecule has 27 heavy (non-hydrogen) atoms. The first-order valence-corrected chi connectivity index (χ1v) is 9.76. The Balaban J connectivity index is 1.63. The molecule has 0 aliphatic heterocycles. The van der Waals surface area contributed by atoms with Gasteiger partial charge in [0, 0.05) is 4.88 Å². The van der Waals surface area contributed by atoms with Crippen LogP contribution in [0.2, 0.25) is 0 Å². The highest BCUT2D eigenvalue weighted by Gasteiger charge is 2.17. The molecule has 0 unspecified atom stereocenters. The SMILES string of the molecule is Cc1nc(NC(=O)CSc2nnc3n(N)c(=O)c4ccccc4n23)sc1C. The summed E-state index contributed by atoms with van der Waals surface area (Å²) in [6.45, 7) is 3.85. The number of thiazole rings is 1. The normalized spacial score (nSPS) is 11.3. The summed E-state index contributed by atoms with van der Waals surface area (Å²) in [5.41, 5.74) is 1.19. The van der Waals surface area contributed by atoms with Crippen LogP contribution in [0, 0.1) is 13.8 Å². The quantitative estimate of drug-likeness (QED) is 0.393. The average Bonchev–Trinajstić information content (AvgIpc) is 3.21. The van der Waals surface area contributed by atoms with E-state index in [-0.39, 0.29) is 23.0 Å². The molecule has 4 aromatic rings. The number of nitrogen functional groups attached to an aromatic ring is 1. The number of nitrogens with one attached hydrogen (secondary N) is 1. The van der Waals surface area contributed by atoms with E-state index in [1.165, 1.54) is 23.1 Å². The smallest absolute Gasteiger partial charge is 0.281 e. The molecule has 3 N–H and O–H groups in total. The van der Waals surface area contributed by atoms with E-state index in [9.17, 15) is 9.59 Å². The molecule has 1 amide bonds. The molecule has 9 nitrogen and oxygen atoms in total. The van der Waals surface area contributed by atoms with Crippen molar-refractivity contribution in [2.45, 2.75) is 19.0 Å². The predicted octanol–water partition coefficient (Wildman–Crippen LogP) is 1.56. The van der Waals surface area contributed by atoms with Gasteiger partial charge in [-0.1, -0.05) is 23.9 Å². The fraction of sp³-hybridized carbons (Fsp3) is 0.188. The van der Waals surface area contributed by atoms with Crippen LogP contribution >= 0.6 is 23.1 Å². The molecule has 0 fully saturated rings. The molecule has 0 atom stereocenters. The van der Waals surface area contributed by atoms with Crippen LogP contribution in [-0.4, -0.2) is 35.9 Å². The molecule has 0 saturated heterocycles. The minimum Gasteiger partial charge on any atom is -0.333 e. The summed E-state index contributed by atoms with van der Waals surface area (Å²) in [6.07, 6.45) is 0. The lowest BCUT2D eigenvalue weighted by Crippen LogP contribution is -2.29. The van der Waals surface area contributed by atoms with Crippen LogP contribution in [0.15, 0.2) is 34.2 Å². The van der Waals surface area contributed by atoms with Crippen molar-refractivity contribution in [1.82, 2.24) is 24.3 Å². The Labute approximate surface area is 161 Å². The molecule has 3 heterocycles. The number of hydrogen-bond acceptors (Lipinski definition) is 8. The first-order chi connectivity index (χ1) is 13.0. The second-order valence-corrected chi connectivity index (χ2v) is 7.95. The number of aryl methyl sites for hydroxylation is 2. The summed E-state index contributed by atoms with van der Waals surface area (Å²) >= 11 is 2.64. The Hall–Kier alpha value is -2.92. The third-order valence-corrected chi connectivity index (χ3v) is 5.95. The Morgan fingerprint density at radius 2 is 2.07 bits per heavy atom. The van der Waals surface area contributed by atoms with Crippen molar-refractivity contribution in [3.05, 3.63) is 45.2 Å². The number of rotatable bonds is 4. The second kappa shape index (κ2) is 6.67. The largest absolute Gasteiger partial charge is 0.333 e. The van der Waals surface area contributed by atoms with Crippen LogP contribution < -0.4 is 16.7 Å². The molecule has 138 valence electrons. The number of fused-ring (bicyclic) bond motifs is 3. The van der Waals surface area contributed by atoms with Gasteiger partial charge in [0.25, 0.3) is 11.3 Å². The first-order valence-electron chi connectivity index (χ1n) is 7.96. The zero-order valence-electron chi connectivity index (χ0n) is 14.5. The van der Waals surface area contributed by atoms with Gasteiger partial charge in [0.15, 0.2) is 10.3 Å². The fourth-order valence-electron chi connectivity index (χ4n) is 2.60. The molecular formula is C16H15N7O2S2. The van der Waals surface area contributed by atoms with Crippen molar-refractivity contribution in [3.63, 3.8) is 0 Å². The first kappa shape index (κ1) is 17.5. The maximum absolute atomic E-state index is 12.3. The molecule has 3 aromatic heterocycles. The number of carbonyl (C=O) groups excluding carboxylic acids is 1. The van der Waals surface area contributed by atoms with Crippen LogP contribution in [0.1, 0.15) is 10.6 Å². The summed E-state index contributed by atoms with van der Waals surface area (Å²) in [5.74, 6) is 6.00. The standard InChI is InChI=1S/C16H15N7O2S2/c1-8-9(2)27-14(18-8)19-12(24)7-26-16-21-20-15-22(16)11-6-4-3-5-10(11)13(25)23(15)17/h3-6H,7,17H2,1-2H3,(H,18,19,24). The molecule has 4 rings (SSSR count). The van der Waals surface area contributed by atoms with Gasteiger partial charge in [0.2, 0.25) is 5.91 Å². The number of nitrogens with zero attached hydrogens (tertiary/aromatic N) is 5. The summed E-state index contributed by atoms with van der Waals surface area (Å²) in [7, 11) is 0. The van der Waals surface area contributed by atoms with Gasteiger partial charge in [0.1, 0.15) is 0 Å². The summed E-state index contributed by atoms with van der Waals surface area (Å²) in [5, 5.41) is 12.4. The molecule has 1 aromatic carbocycles. The molecule has 0 spiro atoms. The van der Waals surface area contributed by atoms with Gasteiger partial charge in [-0.2, -0.15) is 4.68 Å². The number of carbonyl (C=O) groups is 1. The van der Waals surface area contributed by atoms with E-state index in [0.29, 0.717) is 21.2 Å². The number of nitrogens with two attached hydrogens (primary N) is 1. The predicted molar refractivity (Wildman–Crippen MR) is 106 cm³/mol. The lowest BCUT2D eigenvalue weighted by Gasteiger charge is -2.07. The van der Waals surface area contributed by atoms with Crippen molar-refractivity contribution in [3.8, 4) is 0 Å². The van der Waals surface area contributed by atoms with Crippen molar-refractivity contribution < 1.29 is 4.79 Å². The minimum atomic E-state index is -0.352. The molecule has 0 radical (unpaired) electrons. The molecule has 0 aliphatic carbocycles. The second-order valence-electron chi connectivity index (χ2n) is 5.81. The van der Waals surface area contributed by atoms with Crippen LogP contribution in [0.5, 0.6) is 0 Å². The van der Waals surface area contributed by atoms with Gasteiger partial charge >= 0.3 is 0 Å². The van der Waals surface area contributed by atoms with Gasteiger partial charge in [-0.15, -0.1) is 21.5 Å². The number of para-hydroxylation sites is 1. The zero-order chi connectivity index (χ0) is 19.1. The minimum absolute atomic E-state index is 0.122. The van der Waals surface area contributed by atoms with E-state index >= 15 is 0 Å². The van der Waals surface area contributed by atoms with E-state index in [2.05, 4.69) is 20.5 Å². The third kappa shape index (κ3) is 3.04. The van der Waals surface area contributed by atoms with E-state index in [1.54, 1.807) is 22.6 Å². The Bertz CT molecular complexity index is 1220. The van der Waals surface area contributed by atoms with Crippen molar-refractivity contribution in [2.24, 2.45) is 0 Å². The van der Waals surface area contributed by atoms with E-state index in [1.807, 2.05) is 19.9 Å². The molecular weight excluding hydrogens is 386 g/mol. The Morgan fingerprint density at radius 1 is 1.30 bits per heavy atom. The average molecular weight is 401 g/mol. The number of hydrogen-bond donors (Lipinski definition) is 2. The lowest BCUT2D eigenvalue weighted by molar-refractivity contribution is -0.113. The van der Waals surface area contributed by atoms with Crippen LogP contribution in [0.4, 0.5) is 5.13 Å². The maximum Gasteiger partial charge on any atom is 0.281 e. The molecule has 0 saturated carbocycles. The maximum atomic E-state index is 12.3. The van der Waals surface area contributed by atoms with E-state index in [4.69, 9.17) is 5.84 Å². The van der Waals surface area contributed by atoms with Gasteiger partial charge in [-0.05, 0) is 26.0 Å². The van der Waals surface area contributed by atoms with Gasteiger partial charge < -0.3 is 11.2 Å². The molecule has 0 aliphatic rings. The topological polar surface area (TPSA) is 120 Å². The fourth-order valence-corrected chi connectivity index (χ4v) is 4.18. The van der Waals surface area contributed by atoms with E-state index in [0.717, 1.165) is 15.2 Å². The zero-order valence-corrected chi connectivity index (χ0v) is 16.1. The number of amides is 1. The van der Waals surface area contributed by atoms with Crippen molar-refractivity contribution >= 4 is 50.8 Å². The monoisotopic (exact) mass is 401 g/mol. The number of anilines is 1. The summed E-state index contributed by atoms with van der Waals surface area (Å²) in [4.78, 5) is 29.9. The molecule has 11 heteroatoms. The van der Waals surface area contributed by atoms with Gasteiger partial charge in [-0.3, -0.25) is 14.0 Å². The third-order valence-electron chi connectivity index (χ3n) is 4.03. The Kier molecular flexibility index (Phi) is 4.32. The van der Waals surface area contributed by atoms with Crippen LogP contribution in [-0.2, 0) is 4.79 Å².